The van der Waals surface area contributed by atoms with Crippen LogP contribution in [0.3, 0.4) is 0 Å². The summed E-state index contributed by atoms with van der Waals surface area (Å²) in [5.74, 6) is 0.341. The lowest BCUT2D eigenvalue weighted by molar-refractivity contribution is -0.333. The fourth-order valence-electron chi connectivity index (χ4n) is 3.92. The molecule has 6 unspecified atom stereocenters. The van der Waals surface area contributed by atoms with Crippen molar-refractivity contribution in [1.29, 1.82) is 0 Å². The van der Waals surface area contributed by atoms with Crippen LogP contribution in [-0.2, 0) is 19.0 Å². The predicted molar refractivity (Wildman–Crippen MR) is 109 cm³/mol. The molecule has 30 heavy (non-hydrogen) atoms. The highest BCUT2D eigenvalue weighted by Crippen LogP contribution is 2.35. The van der Waals surface area contributed by atoms with Gasteiger partial charge in [-0.2, -0.15) is 0 Å². The molecule has 0 saturated carbocycles. The molecule has 1 amide bonds. The Kier molecular flexibility index (Phi) is 6.06. The summed E-state index contributed by atoms with van der Waals surface area (Å²) < 4.78 is 24.0. The third-order valence-electron chi connectivity index (χ3n) is 5.38. The first-order valence-electron chi connectivity index (χ1n) is 10.1. The fourth-order valence-corrected chi connectivity index (χ4v) is 3.92. The van der Waals surface area contributed by atoms with Crippen molar-refractivity contribution in [2.45, 2.75) is 57.7 Å². The third-order valence-corrected chi connectivity index (χ3v) is 5.38. The van der Waals surface area contributed by atoms with E-state index >= 15 is 0 Å². The normalized spacial score (nSPS) is 30.9. The topological polar surface area (TPSA) is 86.3 Å². The molecule has 2 aromatic rings. The van der Waals surface area contributed by atoms with Crippen LogP contribution in [-0.4, -0.2) is 48.3 Å². The van der Waals surface area contributed by atoms with Crippen molar-refractivity contribution in [2.24, 2.45) is 0 Å². The van der Waals surface area contributed by atoms with E-state index in [1.54, 1.807) is 0 Å². The molecule has 6 atom stereocenters. The number of aryl methyl sites for hydroxylation is 2. The Labute approximate surface area is 175 Å². The molecule has 7 heteroatoms. The van der Waals surface area contributed by atoms with Crippen LogP contribution in [0.25, 0.3) is 0 Å². The number of hydrogen-bond acceptors (Lipinski definition) is 6. The van der Waals surface area contributed by atoms with Crippen molar-refractivity contribution >= 4 is 5.91 Å². The van der Waals surface area contributed by atoms with E-state index in [1.807, 2.05) is 62.4 Å². The molecule has 2 aliphatic heterocycles. The number of carbonyl (C=O) groups is 1. The van der Waals surface area contributed by atoms with Crippen LogP contribution in [0.15, 0.2) is 48.5 Å². The van der Waals surface area contributed by atoms with Crippen molar-refractivity contribution < 1.29 is 28.8 Å². The molecule has 0 aliphatic carbocycles. The molecule has 2 N–H and O–H groups in total. The minimum absolute atomic E-state index is 0.237. The van der Waals surface area contributed by atoms with Crippen LogP contribution in [0.5, 0.6) is 5.75 Å². The van der Waals surface area contributed by atoms with E-state index in [0.29, 0.717) is 5.75 Å². The van der Waals surface area contributed by atoms with Gasteiger partial charge in [0.05, 0.1) is 6.61 Å². The lowest BCUT2D eigenvalue weighted by atomic mass is 9.95. The maximum Gasteiger partial charge on any atom is 0.223 e. The largest absolute Gasteiger partial charge is 0.462 e. The number of benzene rings is 2. The molecular formula is C23H27NO6. The highest BCUT2D eigenvalue weighted by atomic mass is 16.7. The number of ether oxygens (including phenoxy) is 4. The van der Waals surface area contributed by atoms with E-state index in [2.05, 4.69) is 5.32 Å². The highest BCUT2D eigenvalue weighted by molar-refractivity contribution is 5.73. The number of amides is 1. The molecule has 2 aromatic carbocycles. The predicted octanol–water partition coefficient (Wildman–Crippen LogP) is 2.39. The van der Waals surface area contributed by atoms with E-state index in [0.717, 1.165) is 16.7 Å². The van der Waals surface area contributed by atoms with Gasteiger partial charge in [0.25, 0.3) is 0 Å². The zero-order valence-corrected chi connectivity index (χ0v) is 17.3. The number of aliphatic hydroxyl groups is 1. The average molecular weight is 413 g/mol. The maximum absolute atomic E-state index is 11.8. The van der Waals surface area contributed by atoms with Gasteiger partial charge >= 0.3 is 0 Å². The molecule has 0 aromatic heterocycles. The first kappa shape index (κ1) is 20.8. The van der Waals surface area contributed by atoms with Crippen LogP contribution < -0.4 is 10.1 Å². The Bertz CT molecular complexity index is 889. The zero-order valence-electron chi connectivity index (χ0n) is 17.3. The minimum Gasteiger partial charge on any atom is -0.462 e. The van der Waals surface area contributed by atoms with Crippen LogP contribution in [0.2, 0.25) is 0 Å². The van der Waals surface area contributed by atoms with Gasteiger partial charge in [0.15, 0.2) is 6.29 Å². The number of aliphatic hydroxyl groups excluding tert-OH is 1. The molecule has 2 fully saturated rings. The van der Waals surface area contributed by atoms with Gasteiger partial charge in [-0.1, -0.05) is 48.0 Å². The molecule has 4 rings (SSSR count). The van der Waals surface area contributed by atoms with E-state index in [9.17, 15) is 9.90 Å². The van der Waals surface area contributed by atoms with Crippen LogP contribution in [0.4, 0.5) is 0 Å². The summed E-state index contributed by atoms with van der Waals surface area (Å²) in [5, 5.41) is 13.8. The van der Waals surface area contributed by atoms with Crippen molar-refractivity contribution in [3.8, 4) is 5.75 Å². The van der Waals surface area contributed by atoms with E-state index in [4.69, 9.17) is 18.9 Å². The van der Waals surface area contributed by atoms with Crippen molar-refractivity contribution in [1.82, 2.24) is 5.32 Å². The summed E-state index contributed by atoms with van der Waals surface area (Å²) in [4.78, 5) is 11.8. The number of fused-ring (bicyclic) bond motifs is 1. The Balaban J connectivity index is 1.55. The number of nitrogens with one attached hydrogen (secondary N) is 1. The molecule has 2 heterocycles. The van der Waals surface area contributed by atoms with Gasteiger partial charge in [-0.3, -0.25) is 4.79 Å². The Hall–Kier alpha value is -2.45. The summed E-state index contributed by atoms with van der Waals surface area (Å²) in [6.07, 6.45) is -3.72. The van der Waals surface area contributed by atoms with Gasteiger partial charge in [0.2, 0.25) is 12.2 Å². The first-order chi connectivity index (χ1) is 14.4. The first-order valence-corrected chi connectivity index (χ1v) is 10.1. The molecule has 2 saturated heterocycles. The van der Waals surface area contributed by atoms with E-state index in [1.165, 1.54) is 6.92 Å². The Morgan fingerprint density at radius 1 is 1.13 bits per heavy atom. The van der Waals surface area contributed by atoms with E-state index < -0.39 is 36.9 Å². The van der Waals surface area contributed by atoms with Crippen LogP contribution >= 0.6 is 0 Å². The summed E-state index contributed by atoms with van der Waals surface area (Å²) in [6, 6.07) is 14.5. The minimum atomic E-state index is -1.03. The van der Waals surface area contributed by atoms with Crippen LogP contribution in [0, 0.1) is 13.8 Å². The lowest BCUT2D eigenvalue weighted by Gasteiger charge is -2.47. The number of carbonyl (C=O) groups excluding carboxylic acids is 1. The highest BCUT2D eigenvalue weighted by Gasteiger charge is 2.50. The molecule has 0 spiro atoms. The third kappa shape index (κ3) is 4.34. The smallest absolute Gasteiger partial charge is 0.223 e. The van der Waals surface area contributed by atoms with Crippen LogP contribution in [0.1, 0.15) is 29.9 Å². The van der Waals surface area contributed by atoms with Gasteiger partial charge in [-0.15, -0.1) is 0 Å². The molecular weight excluding hydrogens is 386 g/mol. The average Bonchev–Trinajstić information content (AvgIpc) is 2.73. The summed E-state index contributed by atoms with van der Waals surface area (Å²) >= 11 is 0. The Morgan fingerprint density at radius 2 is 1.90 bits per heavy atom. The van der Waals surface area contributed by atoms with Crippen molar-refractivity contribution in [2.75, 3.05) is 6.61 Å². The van der Waals surface area contributed by atoms with E-state index in [-0.39, 0.29) is 12.5 Å². The second kappa shape index (κ2) is 8.73. The van der Waals surface area contributed by atoms with Gasteiger partial charge < -0.3 is 29.4 Å². The van der Waals surface area contributed by atoms with Crippen molar-refractivity contribution in [3.05, 3.63) is 65.2 Å². The zero-order chi connectivity index (χ0) is 21.3. The lowest BCUT2D eigenvalue weighted by Crippen LogP contribution is -2.67. The monoisotopic (exact) mass is 413 g/mol. The SMILES string of the molecule is CC(=O)NC1C(Oc2ccc(C)cc2C)OC2COC(c3ccccc3)OC2C1O. The number of hydrogen-bond donors (Lipinski definition) is 2. The molecule has 0 radical (unpaired) electrons. The van der Waals surface area contributed by atoms with Gasteiger partial charge in [-0.25, -0.2) is 0 Å². The van der Waals surface area contributed by atoms with Gasteiger partial charge in [-0.05, 0) is 25.5 Å². The quantitative estimate of drug-likeness (QED) is 0.801. The summed E-state index contributed by atoms with van der Waals surface area (Å²) in [6.45, 7) is 5.57. The molecule has 7 nitrogen and oxygen atoms in total. The second-order valence-electron chi connectivity index (χ2n) is 7.82. The Morgan fingerprint density at radius 3 is 2.60 bits per heavy atom. The molecule has 0 bridgehead atoms. The fraction of sp³-hybridized carbons (Fsp3) is 0.435. The standard InChI is InChI=1S/C23H27NO6/c1-13-9-10-17(14(2)11-13)28-23-19(24-15(3)25)20(26)21-18(29-23)12-27-22(30-21)16-7-5-4-6-8-16/h4-11,18-23,26H,12H2,1-3H3,(H,24,25). The van der Waals surface area contributed by atoms with Crippen molar-refractivity contribution in [3.63, 3.8) is 0 Å². The molecule has 160 valence electrons. The van der Waals surface area contributed by atoms with Gasteiger partial charge in [0, 0.05) is 12.5 Å². The summed E-state index contributed by atoms with van der Waals surface area (Å²) in [7, 11) is 0. The second-order valence-corrected chi connectivity index (χ2v) is 7.82. The van der Waals surface area contributed by atoms with Gasteiger partial charge in [0.1, 0.15) is 30.1 Å². The summed E-state index contributed by atoms with van der Waals surface area (Å²) in [5.41, 5.74) is 2.91. The maximum atomic E-state index is 11.8. The molecule has 2 aliphatic rings. The number of rotatable bonds is 4.